The summed E-state index contributed by atoms with van der Waals surface area (Å²) in [5.41, 5.74) is -0.632. The summed E-state index contributed by atoms with van der Waals surface area (Å²) in [4.78, 5) is 12.0. The van der Waals surface area contributed by atoms with Crippen molar-refractivity contribution < 1.29 is 18.0 Å². The zero-order valence-corrected chi connectivity index (χ0v) is 11.9. The van der Waals surface area contributed by atoms with Gasteiger partial charge >= 0.3 is 6.18 Å². The van der Waals surface area contributed by atoms with Crippen LogP contribution in [0.1, 0.15) is 48.0 Å². The van der Waals surface area contributed by atoms with E-state index >= 15 is 0 Å². The van der Waals surface area contributed by atoms with Gasteiger partial charge in [0.15, 0.2) is 5.78 Å². The van der Waals surface area contributed by atoms with Crippen molar-refractivity contribution in [2.45, 2.75) is 38.3 Å². The summed E-state index contributed by atoms with van der Waals surface area (Å²) in [5.74, 6) is 0.149. The maximum atomic E-state index is 12.8. The molecule has 0 amide bonds. The van der Waals surface area contributed by atoms with Gasteiger partial charge in [-0.3, -0.25) is 4.79 Å². The van der Waals surface area contributed by atoms with E-state index in [4.69, 9.17) is 0 Å². The number of hydrogen-bond donors (Lipinski definition) is 0. The molecule has 0 saturated heterocycles. The molecule has 0 heterocycles. The molecule has 5 heteroatoms. The van der Waals surface area contributed by atoms with Crippen LogP contribution >= 0.6 is 15.9 Å². The van der Waals surface area contributed by atoms with Crippen LogP contribution in [0.2, 0.25) is 0 Å². The van der Waals surface area contributed by atoms with Gasteiger partial charge in [-0.05, 0) is 18.1 Å². The van der Waals surface area contributed by atoms with E-state index in [1.807, 2.05) is 0 Å². The third-order valence-corrected chi connectivity index (χ3v) is 4.23. The van der Waals surface area contributed by atoms with Crippen molar-refractivity contribution in [2.75, 3.05) is 0 Å². The van der Waals surface area contributed by atoms with E-state index in [2.05, 4.69) is 15.9 Å². The molecule has 0 aromatic heterocycles. The van der Waals surface area contributed by atoms with Crippen LogP contribution < -0.4 is 0 Å². The maximum Gasteiger partial charge on any atom is 0.417 e. The normalized spacial score (nSPS) is 16.8. The first-order valence-electron chi connectivity index (χ1n) is 6.28. The molecule has 1 aromatic carbocycles. The van der Waals surface area contributed by atoms with E-state index in [1.165, 1.54) is 12.1 Å². The number of rotatable bonds is 3. The quantitative estimate of drug-likeness (QED) is 0.691. The van der Waals surface area contributed by atoms with Gasteiger partial charge in [0, 0.05) is 16.5 Å². The molecule has 0 aliphatic heterocycles. The van der Waals surface area contributed by atoms with Crippen LogP contribution in [0.15, 0.2) is 22.7 Å². The number of carbonyl (C=O) groups is 1. The van der Waals surface area contributed by atoms with Crippen LogP contribution in [0.4, 0.5) is 13.2 Å². The molecular weight excluding hydrogens is 321 g/mol. The highest BCUT2D eigenvalue weighted by Gasteiger charge is 2.33. The van der Waals surface area contributed by atoms with Crippen molar-refractivity contribution in [1.29, 1.82) is 0 Å². The van der Waals surface area contributed by atoms with Crippen LogP contribution in [-0.2, 0) is 6.18 Å². The lowest BCUT2D eigenvalue weighted by Gasteiger charge is -2.12. The lowest BCUT2D eigenvalue weighted by atomic mass is 9.96. The third kappa shape index (κ3) is 3.59. The fraction of sp³-hybridized carbons (Fsp3) is 0.500. The summed E-state index contributed by atoms with van der Waals surface area (Å²) in [7, 11) is 0. The molecule has 0 radical (unpaired) electrons. The molecule has 1 aliphatic rings. The van der Waals surface area contributed by atoms with Crippen molar-refractivity contribution in [1.82, 2.24) is 0 Å². The van der Waals surface area contributed by atoms with Gasteiger partial charge in [-0.1, -0.05) is 47.7 Å². The van der Waals surface area contributed by atoms with Gasteiger partial charge in [-0.15, -0.1) is 0 Å². The number of carbonyl (C=O) groups excluding carboxylic acids is 1. The average Bonchev–Trinajstić information content (AvgIpc) is 2.80. The second kappa shape index (κ2) is 5.65. The summed E-state index contributed by atoms with van der Waals surface area (Å²) >= 11 is 2.87. The van der Waals surface area contributed by atoms with Gasteiger partial charge in [0.25, 0.3) is 0 Å². The van der Waals surface area contributed by atoms with Gasteiger partial charge in [-0.2, -0.15) is 13.2 Å². The zero-order chi connectivity index (χ0) is 14.0. The van der Waals surface area contributed by atoms with Crippen molar-refractivity contribution in [3.8, 4) is 0 Å². The number of halogens is 4. The molecular formula is C14H14BrF3O. The van der Waals surface area contributed by atoms with Crippen LogP contribution in [0.5, 0.6) is 0 Å². The smallest absolute Gasteiger partial charge is 0.294 e. The summed E-state index contributed by atoms with van der Waals surface area (Å²) in [6.45, 7) is 0. The monoisotopic (exact) mass is 334 g/mol. The topological polar surface area (TPSA) is 17.1 Å². The van der Waals surface area contributed by atoms with E-state index < -0.39 is 11.7 Å². The van der Waals surface area contributed by atoms with E-state index in [1.54, 1.807) is 0 Å². The Morgan fingerprint density at radius 2 is 1.89 bits per heavy atom. The van der Waals surface area contributed by atoms with E-state index in [-0.39, 0.29) is 15.8 Å². The van der Waals surface area contributed by atoms with Crippen molar-refractivity contribution in [2.24, 2.45) is 5.92 Å². The summed E-state index contributed by atoms with van der Waals surface area (Å²) in [5, 5.41) is 0. The number of hydrogen-bond acceptors (Lipinski definition) is 1. The highest BCUT2D eigenvalue weighted by Crippen LogP contribution is 2.36. The predicted octanol–water partition coefficient (Wildman–Crippen LogP) is 5.23. The maximum absolute atomic E-state index is 12.8. The number of alkyl halides is 3. The largest absolute Gasteiger partial charge is 0.417 e. The van der Waals surface area contributed by atoms with Crippen molar-refractivity contribution in [3.63, 3.8) is 0 Å². The number of Topliss-reactive ketones (excluding diaryl/α,β-unsaturated/α-hetero) is 1. The molecule has 104 valence electrons. The molecule has 0 atom stereocenters. The van der Waals surface area contributed by atoms with E-state index in [0.29, 0.717) is 12.3 Å². The second-order valence-corrected chi connectivity index (χ2v) is 5.82. The van der Waals surface area contributed by atoms with Gasteiger partial charge in [0.1, 0.15) is 0 Å². The Kier molecular flexibility index (Phi) is 4.33. The molecule has 19 heavy (non-hydrogen) atoms. The predicted molar refractivity (Wildman–Crippen MR) is 70.0 cm³/mol. The Bertz CT molecular complexity index is 476. The standard InChI is InChI=1S/C14H14BrF3O/c15-12-6-5-10(8-11(12)14(16,17)18)13(19)7-9-3-1-2-4-9/h5-6,8-9H,1-4,7H2. The first-order valence-corrected chi connectivity index (χ1v) is 7.07. The third-order valence-electron chi connectivity index (χ3n) is 3.54. The molecule has 1 nitrogen and oxygen atoms in total. The van der Waals surface area contributed by atoms with Gasteiger partial charge in [-0.25, -0.2) is 0 Å². The number of ketones is 1. The lowest BCUT2D eigenvalue weighted by molar-refractivity contribution is -0.138. The minimum atomic E-state index is -4.44. The van der Waals surface area contributed by atoms with Gasteiger partial charge in [0.2, 0.25) is 0 Å². The van der Waals surface area contributed by atoms with E-state index in [0.717, 1.165) is 31.7 Å². The molecule has 1 saturated carbocycles. The fourth-order valence-electron chi connectivity index (χ4n) is 2.51. The SMILES string of the molecule is O=C(CC1CCCC1)c1ccc(Br)c(C(F)(F)F)c1. The summed E-state index contributed by atoms with van der Waals surface area (Å²) in [6, 6.07) is 3.70. The Morgan fingerprint density at radius 1 is 1.26 bits per heavy atom. The Hall–Kier alpha value is -0.840. The van der Waals surface area contributed by atoms with Gasteiger partial charge in [0.05, 0.1) is 5.56 Å². The molecule has 0 unspecified atom stereocenters. The molecule has 0 spiro atoms. The van der Waals surface area contributed by atoms with Crippen molar-refractivity contribution in [3.05, 3.63) is 33.8 Å². The molecule has 0 bridgehead atoms. The first kappa shape index (κ1) is 14.6. The molecule has 1 fully saturated rings. The second-order valence-electron chi connectivity index (χ2n) is 4.97. The summed E-state index contributed by atoms with van der Waals surface area (Å²) in [6.07, 6.45) is 0.169. The molecule has 0 N–H and O–H groups in total. The van der Waals surface area contributed by atoms with Gasteiger partial charge < -0.3 is 0 Å². The van der Waals surface area contributed by atoms with Crippen LogP contribution in [0.25, 0.3) is 0 Å². The highest BCUT2D eigenvalue weighted by molar-refractivity contribution is 9.10. The fourth-order valence-corrected chi connectivity index (χ4v) is 2.98. The van der Waals surface area contributed by atoms with Crippen LogP contribution in [0, 0.1) is 5.92 Å². The lowest BCUT2D eigenvalue weighted by Crippen LogP contribution is -2.10. The molecule has 2 rings (SSSR count). The van der Waals surface area contributed by atoms with E-state index in [9.17, 15) is 18.0 Å². The Morgan fingerprint density at radius 3 is 2.47 bits per heavy atom. The highest BCUT2D eigenvalue weighted by atomic mass is 79.9. The first-order chi connectivity index (χ1) is 8.88. The van der Waals surface area contributed by atoms with Crippen LogP contribution in [-0.4, -0.2) is 5.78 Å². The van der Waals surface area contributed by atoms with Crippen LogP contribution in [0.3, 0.4) is 0 Å². The average molecular weight is 335 g/mol. The summed E-state index contributed by atoms with van der Waals surface area (Å²) < 4.78 is 38.2. The molecule has 1 aliphatic carbocycles. The minimum absolute atomic E-state index is 0.0302. The zero-order valence-electron chi connectivity index (χ0n) is 10.3. The Balaban J connectivity index is 2.18. The molecule has 1 aromatic rings. The van der Waals surface area contributed by atoms with Crippen molar-refractivity contribution >= 4 is 21.7 Å². The number of benzene rings is 1. The Labute approximate surface area is 118 Å². The minimum Gasteiger partial charge on any atom is -0.294 e.